The van der Waals surface area contributed by atoms with Crippen molar-refractivity contribution in [2.75, 3.05) is 16.0 Å². The number of rotatable bonds is 5. The normalized spacial score (nSPS) is 10.8. The van der Waals surface area contributed by atoms with Crippen LogP contribution in [0.4, 0.5) is 22.7 Å². The molecule has 3 rings (SSSR count). The SMILES string of the molecule is N#C/C(=C/N(c1ccccc1)c1ccc(N)cc1)C(=O)Nc1ccc(Cl)cc1. The van der Waals surface area contributed by atoms with Crippen molar-refractivity contribution >= 4 is 40.3 Å². The van der Waals surface area contributed by atoms with Gasteiger partial charge in [0.1, 0.15) is 11.6 Å². The number of hydrogen-bond acceptors (Lipinski definition) is 4. The zero-order chi connectivity index (χ0) is 19.9. The average Bonchev–Trinajstić information content (AvgIpc) is 2.72. The first-order valence-corrected chi connectivity index (χ1v) is 8.83. The maximum absolute atomic E-state index is 12.6. The number of carbonyl (C=O) groups is 1. The summed E-state index contributed by atoms with van der Waals surface area (Å²) in [4.78, 5) is 14.4. The Kier molecular flexibility index (Phi) is 5.95. The van der Waals surface area contributed by atoms with E-state index in [0.29, 0.717) is 16.4 Å². The van der Waals surface area contributed by atoms with Crippen LogP contribution in [0.5, 0.6) is 0 Å². The lowest BCUT2D eigenvalue weighted by Gasteiger charge is -2.21. The summed E-state index contributed by atoms with van der Waals surface area (Å²) in [6.07, 6.45) is 1.51. The molecule has 0 heterocycles. The minimum atomic E-state index is -0.513. The molecule has 138 valence electrons. The van der Waals surface area contributed by atoms with Gasteiger partial charge in [-0.1, -0.05) is 29.8 Å². The lowest BCUT2D eigenvalue weighted by atomic mass is 10.2. The van der Waals surface area contributed by atoms with Crippen LogP contribution < -0.4 is 16.0 Å². The number of carbonyl (C=O) groups excluding carboxylic acids is 1. The van der Waals surface area contributed by atoms with Crippen LogP contribution in [0.2, 0.25) is 5.02 Å². The van der Waals surface area contributed by atoms with E-state index in [9.17, 15) is 10.1 Å². The first-order valence-electron chi connectivity index (χ1n) is 8.45. The Morgan fingerprint density at radius 2 is 1.57 bits per heavy atom. The summed E-state index contributed by atoms with van der Waals surface area (Å²) < 4.78 is 0. The molecule has 5 nitrogen and oxygen atoms in total. The van der Waals surface area contributed by atoms with Gasteiger partial charge in [-0.15, -0.1) is 0 Å². The summed E-state index contributed by atoms with van der Waals surface area (Å²) in [7, 11) is 0. The first kappa shape index (κ1) is 19.0. The highest BCUT2D eigenvalue weighted by atomic mass is 35.5. The predicted molar refractivity (Wildman–Crippen MR) is 113 cm³/mol. The molecular formula is C22H17ClN4O. The van der Waals surface area contributed by atoms with E-state index in [-0.39, 0.29) is 5.57 Å². The second-order valence-corrected chi connectivity index (χ2v) is 6.35. The minimum absolute atomic E-state index is 0.0457. The molecule has 0 aliphatic heterocycles. The number of benzene rings is 3. The van der Waals surface area contributed by atoms with E-state index >= 15 is 0 Å². The van der Waals surface area contributed by atoms with Crippen molar-refractivity contribution in [3.05, 3.63) is 95.7 Å². The van der Waals surface area contributed by atoms with Gasteiger partial charge in [0, 0.05) is 34.0 Å². The van der Waals surface area contributed by atoms with E-state index in [1.165, 1.54) is 6.20 Å². The number of para-hydroxylation sites is 1. The van der Waals surface area contributed by atoms with Crippen molar-refractivity contribution < 1.29 is 4.79 Å². The molecule has 3 aromatic rings. The fourth-order valence-corrected chi connectivity index (χ4v) is 2.65. The molecule has 0 unspecified atom stereocenters. The van der Waals surface area contributed by atoms with Crippen molar-refractivity contribution in [2.24, 2.45) is 0 Å². The van der Waals surface area contributed by atoms with Crippen LogP contribution in [0.25, 0.3) is 0 Å². The van der Waals surface area contributed by atoms with Gasteiger partial charge in [-0.05, 0) is 60.7 Å². The molecule has 1 amide bonds. The van der Waals surface area contributed by atoms with E-state index in [2.05, 4.69) is 5.32 Å². The van der Waals surface area contributed by atoms with E-state index < -0.39 is 5.91 Å². The molecule has 0 atom stereocenters. The number of nitrogen functional groups attached to an aromatic ring is 1. The smallest absolute Gasteiger partial charge is 0.267 e. The third-order valence-electron chi connectivity index (χ3n) is 3.93. The van der Waals surface area contributed by atoms with Gasteiger partial charge in [0.15, 0.2) is 0 Å². The van der Waals surface area contributed by atoms with E-state index in [1.54, 1.807) is 41.3 Å². The third-order valence-corrected chi connectivity index (χ3v) is 4.18. The fourth-order valence-electron chi connectivity index (χ4n) is 2.52. The van der Waals surface area contributed by atoms with Gasteiger partial charge in [0.05, 0.1) is 0 Å². The number of nitriles is 1. The lowest BCUT2D eigenvalue weighted by Crippen LogP contribution is -2.17. The predicted octanol–water partition coefficient (Wildman–Crippen LogP) is 5.11. The Labute approximate surface area is 168 Å². The Morgan fingerprint density at radius 1 is 0.964 bits per heavy atom. The maximum Gasteiger partial charge on any atom is 0.267 e. The molecule has 0 aliphatic rings. The molecule has 0 bridgehead atoms. The Balaban J connectivity index is 1.94. The summed E-state index contributed by atoms with van der Waals surface area (Å²) >= 11 is 5.86. The van der Waals surface area contributed by atoms with Crippen molar-refractivity contribution in [1.82, 2.24) is 0 Å². The number of nitrogens with one attached hydrogen (secondary N) is 1. The zero-order valence-electron chi connectivity index (χ0n) is 14.8. The van der Waals surface area contributed by atoms with Gasteiger partial charge in [0.25, 0.3) is 5.91 Å². The van der Waals surface area contributed by atoms with Crippen LogP contribution >= 0.6 is 11.6 Å². The highest BCUT2D eigenvalue weighted by Crippen LogP contribution is 2.27. The Hall–Kier alpha value is -3.75. The van der Waals surface area contributed by atoms with Crippen LogP contribution in [0.15, 0.2) is 90.6 Å². The first-order chi connectivity index (χ1) is 13.6. The molecule has 0 fully saturated rings. The van der Waals surface area contributed by atoms with Gasteiger partial charge in [-0.2, -0.15) is 5.26 Å². The molecule has 0 radical (unpaired) electrons. The zero-order valence-corrected chi connectivity index (χ0v) is 15.6. The Morgan fingerprint density at radius 3 is 2.18 bits per heavy atom. The number of hydrogen-bond donors (Lipinski definition) is 2. The molecule has 0 aliphatic carbocycles. The number of halogens is 1. The summed E-state index contributed by atoms with van der Waals surface area (Å²) in [6, 6.07) is 25.3. The average molecular weight is 389 g/mol. The summed E-state index contributed by atoms with van der Waals surface area (Å²) in [5.41, 5.74) is 8.48. The van der Waals surface area contributed by atoms with Crippen LogP contribution in [0, 0.1) is 11.3 Å². The molecule has 0 saturated heterocycles. The monoisotopic (exact) mass is 388 g/mol. The number of nitrogens with two attached hydrogens (primary N) is 1. The topological polar surface area (TPSA) is 82.2 Å². The summed E-state index contributed by atoms with van der Waals surface area (Å²) in [6.45, 7) is 0. The minimum Gasteiger partial charge on any atom is -0.399 e. The van der Waals surface area contributed by atoms with E-state index in [1.807, 2.05) is 48.5 Å². The highest BCUT2D eigenvalue weighted by molar-refractivity contribution is 6.30. The summed E-state index contributed by atoms with van der Waals surface area (Å²) in [5, 5.41) is 12.8. The van der Waals surface area contributed by atoms with E-state index in [0.717, 1.165) is 11.4 Å². The van der Waals surface area contributed by atoms with Crippen LogP contribution in [0.1, 0.15) is 0 Å². The van der Waals surface area contributed by atoms with Gasteiger partial charge in [-0.3, -0.25) is 4.79 Å². The molecule has 6 heteroatoms. The third kappa shape index (κ3) is 4.70. The van der Waals surface area contributed by atoms with Crippen molar-refractivity contribution in [1.29, 1.82) is 5.26 Å². The Bertz CT molecular complexity index is 1020. The molecule has 0 aromatic heterocycles. The number of nitrogens with zero attached hydrogens (tertiary/aromatic N) is 2. The van der Waals surface area contributed by atoms with Gasteiger partial charge in [-0.25, -0.2) is 0 Å². The molecule has 3 aromatic carbocycles. The molecule has 0 saturated carbocycles. The second-order valence-electron chi connectivity index (χ2n) is 5.91. The van der Waals surface area contributed by atoms with Gasteiger partial charge >= 0.3 is 0 Å². The number of anilines is 4. The largest absolute Gasteiger partial charge is 0.399 e. The summed E-state index contributed by atoms with van der Waals surface area (Å²) in [5.74, 6) is -0.513. The highest BCUT2D eigenvalue weighted by Gasteiger charge is 2.14. The molecular weight excluding hydrogens is 372 g/mol. The van der Waals surface area contributed by atoms with Crippen molar-refractivity contribution in [3.8, 4) is 6.07 Å². The maximum atomic E-state index is 12.6. The molecule has 0 spiro atoms. The van der Waals surface area contributed by atoms with Crippen LogP contribution in [0.3, 0.4) is 0 Å². The van der Waals surface area contributed by atoms with Crippen molar-refractivity contribution in [2.45, 2.75) is 0 Å². The van der Waals surface area contributed by atoms with Gasteiger partial charge < -0.3 is 16.0 Å². The molecule has 28 heavy (non-hydrogen) atoms. The standard InChI is InChI=1S/C22H17ClN4O/c23-17-6-10-19(11-7-17)26-22(28)16(14-24)15-27(20-4-2-1-3-5-20)21-12-8-18(25)9-13-21/h1-13,15H,25H2,(H,26,28)/b16-15-. The van der Waals surface area contributed by atoms with Crippen LogP contribution in [-0.2, 0) is 4.79 Å². The quantitative estimate of drug-likeness (QED) is 0.361. The van der Waals surface area contributed by atoms with E-state index in [4.69, 9.17) is 17.3 Å². The lowest BCUT2D eigenvalue weighted by molar-refractivity contribution is -0.112. The van der Waals surface area contributed by atoms with Crippen molar-refractivity contribution in [3.63, 3.8) is 0 Å². The van der Waals surface area contributed by atoms with Gasteiger partial charge in [0.2, 0.25) is 0 Å². The second kappa shape index (κ2) is 8.76. The van der Waals surface area contributed by atoms with Crippen LogP contribution in [-0.4, -0.2) is 5.91 Å². The fraction of sp³-hybridized carbons (Fsp3) is 0. The molecule has 3 N–H and O–H groups in total. The number of amides is 1.